The number of nitrogens with one attached hydrogen (secondary N) is 1. The van der Waals surface area contributed by atoms with Gasteiger partial charge in [0.25, 0.3) is 0 Å². The molecule has 0 spiro atoms. The van der Waals surface area contributed by atoms with E-state index in [9.17, 15) is 9.59 Å². The van der Waals surface area contributed by atoms with Crippen LogP contribution in [-0.2, 0) is 16.1 Å². The van der Waals surface area contributed by atoms with Crippen LogP contribution in [0.3, 0.4) is 0 Å². The third-order valence-corrected chi connectivity index (χ3v) is 3.79. The Kier molecular flexibility index (Phi) is 4.08. The van der Waals surface area contributed by atoms with Crippen molar-refractivity contribution in [2.24, 2.45) is 17.4 Å². The first kappa shape index (κ1) is 14.5. The number of carbonyl (C=O) groups is 2. The van der Waals surface area contributed by atoms with Gasteiger partial charge in [-0.2, -0.15) is 5.10 Å². The minimum Gasteiger partial charge on any atom is -0.368 e. The molecule has 110 valence electrons. The lowest BCUT2D eigenvalue weighted by Crippen LogP contribution is -2.51. The van der Waals surface area contributed by atoms with Gasteiger partial charge in [0.15, 0.2) is 0 Å². The van der Waals surface area contributed by atoms with Gasteiger partial charge in [0.2, 0.25) is 11.8 Å². The van der Waals surface area contributed by atoms with E-state index in [4.69, 9.17) is 11.5 Å². The first-order chi connectivity index (χ1) is 9.38. The maximum Gasteiger partial charge on any atom is 0.239 e. The van der Waals surface area contributed by atoms with E-state index < -0.39 is 11.4 Å². The molecule has 1 aromatic heterocycles. The van der Waals surface area contributed by atoms with Crippen molar-refractivity contribution in [3.8, 4) is 0 Å². The number of primary amides is 1. The smallest absolute Gasteiger partial charge is 0.239 e. The summed E-state index contributed by atoms with van der Waals surface area (Å²) < 4.78 is 1.39. The van der Waals surface area contributed by atoms with E-state index in [-0.39, 0.29) is 18.4 Å². The second-order valence-corrected chi connectivity index (χ2v) is 5.69. The highest BCUT2D eigenvalue weighted by atomic mass is 16.2. The summed E-state index contributed by atoms with van der Waals surface area (Å²) in [6, 6.07) is 0. The van der Waals surface area contributed by atoms with Crippen LogP contribution >= 0.6 is 0 Å². The molecule has 0 radical (unpaired) electrons. The quantitative estimate of drug-likeness (QED) is 0.730. The number of rotatable bonds is 4. The van der Waals surface area contributed by atoms with Gasteiger partial charge in [0.1, 0.15) is 6.54 Å². The molecule has 1 aliphatic rings. The van der Waals surface area contributed by atoms with Crippen molar-refractivity contribution in [2.45, 2.75) is 44.7 Å². The van der Waals surface area contributed by atoms with Crippen LogP contribution in [-0.4, -0.2) is 27.1 Å². The van der Waals surface area contributed by atoms with Crippen molar-refractivity contribution < 1.29 is 9.59 Å². The fourth-order valence-corrected chi connectivity index (χ4v) is 2.69. The Labute approximate surface area is 117 Å². The van der Waals surface area contributed by atoms with E-state index in [1.54, 1.807) is 6.20 Å². The number of hydrogen-bond donors (Lipinski definition) is 3. The molecule has 0 bridgehead atoms. The Bertz CT molecular complexity index is 509. The Morgan fingerprint density at radius 1 is 1.55 bits per heavy atom. The molecule has 1 saturated carbocycles. The molecule has 7 heteroatoms. The van der Waals surface area contributed by atoms with E-state index in [1.807, 2.05) is 6.92 Å². The van der Waals surface area contributed by atoms with Gasteiger partial charge in [-0.15, -0.1) is 0 Å². The topological polar surface area (TPSA) is 116 Å². The molecular formula is C13H21N5O2. The van der Waals surface area contributed by atoms with Gasteiger partial charge in [0.05, 0.1) is 17.8 Å². The molecule has 2 unspecified atom stereocenters. The number of aromatic nitrogens is 2. The lowest BCUT2D eigenvalue weighted by molar-refractivity contribution is -0.123. The van der Waals surface area contributed by atoms with Gasteiger partial charge >= 0.3 is 0 Å². The number of anilines is 1. The summed E-state index contributed by atoms with van der Waals surface area (Å²) in [5, 5.41) is 6.77. The third-order valence-electron chi connectivity index (χ3n) is 3.79. The Balaban J connectivity index is 2.00. The number of nitrogens with zero attached hydrogens (tertiary/aromatic N) is 2. The van der Waals surface area contributed by atoms with E-state index >= 15 is 0 Å². The number of hydrogen-bond acceptors (Lipinski definition) is 4. The SMILES string of the molecule is CC1(N)CCCCC1C(=O)Nc1cnn(CC(N)=O)c1. The van der Waals surface area contributed by atoms with Crippen LogP contribution in [0, 0.1) is 5.92 Å². The van der Waals surface area contributed by atoms with Gasteiger partial charge in [-0.1, -0.05) is 12.8 Å². The summed E-state index contributed by atoms with van der Waals surface area (Å²) >= 11 is 0. The average Bonchev–Trinajstić information content (AvgIpc) is 2.74. The first-order valence-electron chi connectivity index (χ1n) is 6.79. The summed E-state index contributed by atoms with van der Waals surface area (Å²) in [4.78, 5) is 23.1. The zero-order valence-corrected chi connectivity index (χ0v) is 11.6. The molecule has 2 rings (SSSR count). The van der Waals surface area contributed by atoms with Crippen molar-refractivity contribution in [2.75, 3.05) is 5.32 Å². The summed E-state index contributed by atoms with van der Waals surface area (Å²) in [6.07, 6.45) is 6.82. The molecular weight excluding hydrogens is 258 g/mol. The van der Waals surface area contributed by atoms with Gasteiger partial charge in [-0.25, -0.2) is 0 Å². The highest BCUT2D eigenvalue weighted by molar-refractivity contribution is 5.93. The Hall–Kier alpha value is -1.89. The summed E-state index contributed by atoms with van der Waals surface area (Å²) in [7, 11) is 0. The van der Waals surface area contributed by atoms with Crippen LogP contribution in [0.1, 0.15) is 32.6 Å². The maximum atomic E-state index is 12.3. The highest BCUT2D eigenvalue weighted by Gasteiger charge is 2.37. The normalized spacial score (nSPS) is 26.2. The van der Waals surface area contributed by atoms with Crippen molar-refractivity contribution in [3.05, 3.63) is 12.4 Å². The molecule has 0 aromatic carbocycles. The molecule has 5 N–H and O–H groups in total. The Morgan fingerprint density at radius 2 is 2.30 bits per heavy atom. The summed E-state index contributed by atoms with van der Waals surface area (Å²) in [5.74, 6) is -0.767. The largest absolute Gasteiger partial charge is 0.368 e. The van der Waals surface area contributed by atoms with Crippen molar-refractivity contribution >= 4 is 17.5 Å². The maximum absolute atomic E-state index is 12.3. The van der Waals surface area contributed by atoms with E-state index in [1.165, 1.54) is 10.9 Å². The molecule has 7 nitrogen and oxygen atoms in total. The van der Waals surface area contributed by atoms with E-state index in [2.05, 4.69) is 10.4 Å². The standard InChI is InChI=1S/C13H21N5O2/c1-13(15)5-3-2-4-10(13)12(20)17-9-6-16-18(7-9)8-11(14)19/h6-7,10H,2-5,8,15H2,1H3,(H2,14,19)(H,17,20). The van der Waals surface area contributed by atoms with Gasteiger partial charge in [-0.05, 0) is 19.8 Å². The van der Waals surface area contributed by atoms with Crippen LogP contribution in [0.4, 0.5) is 5.69 Å². The minimum absolute atomic E-state index is 0.00605. The van der Waals surface area contributed by atoms with Crippen LogP contribution in [0.15, 0.2) is 12.4 Å². The molecule has 20 heavy (non-hydrogen) atoms. The van der Waals surface area contributed by atoms with Crippen molar-refractivity contribution in [3.63, 3.8) is 0 Å². The summed E-state index contributed by atoms with van der Waals surface area (Å²) in [6.45, 7) is 1.92. The number of amides is 2. The van der Waals surface area contributed by atoms with E-state index in [0.29, 0.717) is 5.69 Å². The molecule has 1 fully saturated rings. The lowest BCUT2D eigenvalue weighted by atomic mass is 9.74. The Morgan fingerprint density at radius 3 is 2.95 bits per heavy atom. The molecule has 1 heterocycles. The average molecular weight is 279 g/mol. The lowest BCUT2D eigenvalue weighted by Gasteiger charge is -2.37. The number of carbonyl (C=O) groups excluding carboxylic acids is 2. The second-order valence-electron chi connectivity index (χ2n) is 5.69. The van der Waals surface area contributed by atoms with Crippen LogP contribution < -0.4 is 16.8 Å². The first-order valence-corrected chi connectivity index (χ1v) is 6.79. The van der Waals surface area contributed by atoms with Gasteiger partial charge in [-0.3, -0.25) is 14.3 Å². The van der Waals surface area contributed by atoms with Crippen LogP contribution in [0.25, 0.3) is 0 Å². The molecule has 0 saturated heterocycles. The highest BCUT2D eigenvalue weighted by Crippen LogP contribution is 2.32. The predicted molar refractivity (Wildman–Crippen MR) is 74.6 cm³/mol. The van der Waals surface area contributed by atoms with Crippen molar-refractivity contribution in [1.29, 1.82) is 0 Å². The third kappa shape index (κ3) is 3.36. The minimum atomic E-state index is -0.479. The summed E-state index contributed by atoms with van der Waals surface area (Å²) in [5.41, 5.74) is 11.4. The van der Waals surface area contributed by atoms with Crippen LogP contribution in [0.2, 0.25) is 0 Å². The monoisotopic (exact) mass is 279 g/mol. The predicted octanol–water partition coefficient (Wildman–Crippen LogP) is 0.215. The fourth-order valence-electron chi connectivity index (χ4n) is 2.69. The zero-order chi connectivity index (χ0) is 14.8. The van der Waals surface area contributed by atoms with E-state index in [0.717, 1.165) is 25.7 Å². The molecule has 2 atom stereocenters. The van der Waals surface area contributed by atoms with Crippen LogP contribution in [0.5, 0.6) is 0 Å². The fraction of sp³-hybridized carbons (Fsp3) is 0.615. The zero-order valence-electron chi connectivity index (χ0n) is 11.6. The molecule has 0 aliphatic heterocycles. The molecule has 1 aromatic rings. The van der Waals surface area contributed by atoms with Crippen molar-refractivity contribution in [1.82, 2.24) is 9.78 Å². The molecule has 2 amide bonds. The molecule has 1 aliphatic carbocycles. The second kappa shape index (κ2) is 5.62. The van der Waals surface area contributed by atoms with Gasteiger partial charge < -0.3 is 16.8 Å². The number of nitrogens with two attached hydrogens (primary N) is 2. The van der Waals surface area contributed by atoms with Gasteiger partial charge in [0, 0.05) is 11.7 Å².